The van der Waals surface area contributed by atoms with E-state index in [1.54, 1.807) is 31.4 Å². The zero-order valence-electron chi connectivity index (χ0n) is 8.64. The highest BCUT2D eigenvalue weighted by atomic mass is 16.5. The first kappa shape index (κ1) is 11.5. The van der Waals surface area contributed by atoms with Crippen molar-refractivity contribution in [1.29, 1.82) is 0 Å². The largest absolute Gasteiger partial charge is 0.497 e. The van der Waals surface area contributed by atoms with Crippen LogP contribution in [0.1, 0.15) is 17.9 Å². The summed E-state index contributed by atoms with van der Waals surface area (Å²) >= 11 is 0. The fourth-order valence-electron chi connectivity index (χ4n) is 1.44. The van der Waals surface area contributed by atoms with E-state index < -0.39 is 11.9 Å². The Labute approximate surface area is 88.7 Å². The Morgan fingerprint density at radius 2 is 2.07 bits per heavy atom. The maximum absolute atomic E-state index is 11.0. The number of ether oxygens (including phenoxy) is 1. The van der Waals surface area contributed by atoms with Crippen LogP contribution in [0.15, 0.2) is 24.3 Å². The van der Waals surface area contributed by atoms with Gasteiger partial charge in [0.2, 0.25) is 0 Å². The molecule has 3 N–H and O–H groups in total. The standard InChI is InChI=1S/C11H15NO3/c1-15-9-4-2-8(3-5-9)10(6-7-12)11(13)14/h2-5,10H,6-7,12H2,1H3,(H,13,14). The molecule has 0 radical (unpaired) electrons. The number of carboxylic acids is 1. The molecule has 4 nitrogen and oxygen atoms in total. The number of rotatable bonds is 5. The van der Waals surface area contributed by atoms with Gasteiger partial charge in [0, 0.05) is 0 Å². The van der Waals surface area contributed by atoms with E-state index in [0.29, 0.717) is 13.0 Å². The first-order chi connectivity index (χ1) is 7.19. The van der Waals surface area contributed by atoms with E-state index in [1.807, 2.05) is 0 Å². The van der Waals surface area contributed by atoms with Gasteiger partial charge >= 0.3 is 5.97 Å². The van der Waals surface area contributed by atoms with Gasteiger partial charge in [-0.1, -0.05) is 12.1 Å². The summed E-state index contributed by atoms with van der Waals surface area (Å²) in [6.07, 6.45) is 0.446. The molecule has 0 aliphatic heterocycles. The fraction of sp³-hybridized carbons (Fsp3) is 0.364. The first-order valence-electron chi connectivity index (χ1n) is 4.76. The third-order valence-electron chi connectivity index (χ3n) is 2.27. The molecule has 15 heavy (non-hydrogen) atoms. The minimum atomic E-state index is -0.842. The number of methoxy groups -OCH3 is 1. The molecular formula is C11H15NO3. The monoisotopic (exact) mass is 209 g/mol. The molecule has 4 heteroatoms. The van der Waals surface area contributed by atoms with Gasteiger partial charge in [0.15, 0.2) is 0 Å². The number of carbonyl (C=O) groups is 1. The van der Waals surface area contributed by atoms with Crippen molar-refractivity contribution in [2.24, 2.45) is 5.73 Å². The van der Waals surface area contributed by atoms with Gasteiger partial charge in [-0.2, -0.15) is 0 Å². The minimum absolute atomic E-state index is 0.364. The lowest BCUT2D eigenvalue weighted by Gasteiger charge is -2.11. The van der Waals surface area contributed by atoms with Crippen molar-refractivity contribution in [3.63, 3.8) is 0 Å². The van der Waals surface area contributed by atoms with Gasteiger partial charge in [-0.15, -0.1) is 0 Å². The Morgan fingerprint density at radius 1 is 1.47 bits per heavy atom. The van der Waals surface area contributed by atoms with Crippen molar-refractivity contribution in [1.82, 2.24) is 0 Å². The second-order valence-corrected chi connectivity index (χ2v) is 3.24. The molecule has 0 saturated carbocycles. The fourth-order valence-corrected chi connectivity index (χ4v) is 1.44. The van der Waals surface area contributed by atoms with E-state index in [1.165, 1.54) is 0 Å². The predicted octanol–water partition coefficient (Wildman–Crippen LogP) is 1.21. The van der Waals surface area contributed by atoms with Crippen LogP contribution in [0.2, 0.25) is 0 Å². The van der Waals surface area contributed by atoms with Gasteiger partial charge in [-0.25, -0.2) is 0 Å². The number of benzene rings is 1. The normalized spacial score (nSPS) is 12.1. The first-order valence-corrected chi connectivity index (χ1v) is 4.76. The van der Waals surface area contributed by atoms with Crippen LogP contribution >= 0.6 is 0 Å². The molecule has 0 heterocycles. The number of hydrogen-bond acceptors (Lipinski definition) is 3. The molecule has 1 aromatic carbocycles. The zero-order valence-corrected chi connectivity index (χ0v) is 8.64. The summed E-state index contributed by atoms with van der Waals surface area (Å²) in [4.78, 5) is 11.0. The van der Waals surface area contributed by atoms with E-state index in [4.69, 9.17) is 15.6 Å². The van der Waals surface area contributed by atoms with E-state index in [-0.39, 0.29) is 0 Å². The lowest BCUT2D eigenvalue weighted by atomic mass is 9.96. The molecule has 0 aliphatic carbocycles. The molecule has 0 fully saturated rings. The molecule has 1 unspecified atom stereocenters. The van der Waals surface area contributed by atoms with Crippen LogP contribution in [0.25, 0.3) is 0 Å². The molecule has 0 aliphatic rings. The number of nitrogens with two attached hydrogens (primary N) is 1. The SMILES string of the molecule is COc1ccc(C(CCN)C(=O)O)cc1. The minimum Gasteiger partial charge on any atom is -0.497 e. The lowest BCUT2D eigenvalue weighted by molar-refractivity contribution is -0.138. The average molecular weight is 209 g/mol. The summed E-state index contributed by atoms with van der Waals surface area (Å²) in [7, 11) is 1.57. The summed E-state index contributed by atoms with van der Waals surface area (Å²) < 4.78 is 5.00. The van der Waals surface area contributed by atoms with Crippen molar-refractivity contribution >= 4 is 5.97 Å². The summed E-state index contributed by atoms with van der Waals surface area (Å²) in [6.45, 7) is 0.364. The number of aliphatic carboxylic acids is 1. The Hall–Kier alpha value is -1.55. The Morgan fingerprint density at radius 3 is 2.47 bits per heavy atom. The van der Waals surface area contributed by atoms with Crippen molar-refractivity contribution < 1.29 is 14.6 Å². The van der Waals surface area contributed by atoms with Gasteiger partial charge in [0.1, 0.15) is 5.75 Å². The summed E-state index contributed by atoms with van der Waals surface area (Å²) in [6, 6.07) is 7.02. The summed E-state index contributed by atoms with van der Waals surface area (Å²) in [5.41, 5.74) is 6.13. The van der Waals surface area contributed by atoms with Crippen LogP contribution in [0.5, 0.6) is 5.75 Å². The smallest absolute Gasteiger partial charge is 0.311 e. The maximum Gasteiger partial charge on any atom is 0.311 e. The van der Waals surface area contributed by atoms with E-state index >= 15 is 0 Å². The lowest BCUT2D eigenvalue weighted by Crippen LogP contribution is -2.15. The molecule has 1 atom stereocenters. The van der Waals surface area contributed by atoms with Crippen molar-refractivity contribution in [2.45, 2.75) is 12.3 Å². The highest BCUT2D eigenvalue weighted by Gasteiger charge is 2.18. The topological polar surface area (TPSA) is 72.5 Å². The zero-order chi connectivity index (χ0) is 11.3. The maximum atomic E-state index is 11.0. The highest BCUT2D eigenvalue weighted by Crippen LogP contribution is 2.22. The Kier molecular flexibility index (Phi) is 4.12. The van der Waals surface area contributed by atoms with E-state index in [0.717, 1.165) is 11.3 Å². The van der Waals surface area contributed by atoms with Gasteiger partial charge in [-0.3, -0.25) is 4.79 Å². The molecule has 82 valence electrons. The molecule has 0 aromatic heterocycles. The van der Waals surface area contributed by atoms with Crippen molar-refractivity contribution in [3.05, 3.63) is 29.8 Å². The molecule has 0 spiro atoms. The van der Waals surface area contributed by atoms with Gasteiger partial charge < -0.3 is 15.6 Å². The molecule has 0 bridgehead atoms. The van der Waals surface area contributed by atoms with Crippen LogP contribution < -0.4 is 10.5 Å². The third-order valence-corrected chi connectivity index (χ3v) is 2.27. The second-order valence-electron chi connectivity index (χ2n) is 3.24. The quantitative estimate of drug-likeness (QED) is 0.764. The van der Waals surface area contributed by atoms with Crippen LogP contribution in [-0.4, -0.2) is 24.7 Å². The van der Waals surface area contributed by atoms with E-state index in [9.17, 15) is 4.79 Å². The Bertz CT molecular complexity index is 321. The molecule has 0 amide bonds. The average Bonchev–Trinajstić information content (AvgIpc) is 2.26. The molecule has 0 saturated heterocycles. The van der Waals surface area contributed by atoms with Crippen LogP contribution in [-0.2, 0) is 4.79 Å². The van der Waals surface area contributed by atoms with Crippen LogP contribution in [0, 0.1) is 0 Å². The highest BCUT2D eigenvalue weighted by molar-refractivity contribution is 5.76. The van der Waals surface area contributed by atoms with Gasteiger partial charge in [0.25, 0.3) is 0 Å². The number of carboxylic acid groups (broad SMARTS) is 1. The van der Waals surface area contributed by atoms with E-state index in [2.05, 4.69) is 0 Å². The van der Waals surface area contributed by atoms with Crippen LogP contribution in [0.4, 0.5) is 0 Å². The molecule has 1 rings (SSSR count). The van der Waals surface area contributed by atoms with Crippen molar-refractivity contribution in [3.8, 4) is 5.75 Å². The molecule has 1 aromatic rings. The van der Waals surface area contributed by atoms with Gasteiger partial charge in [-0.05, 0) is 30.7 Å². The van der Waals surface area contributed by atoms with Crippen LogP contribution in [0.3, 0.4) is 0 Å². The summed E-state index contributed by atoms with van der Waals surface area (Å²) in [5.74, 6) is -0.651. The predicted molar refractivity (Wildman–Crippen MR) is 57.0 cm³/mol. The van der Waals surface area contributed by atoms with Gasteiger partial charge in [0.05, 0.1) is 13.0 Å². The number of hydrogen-bond donors (Lipinski definition) is 2. The third kappa shape index (κ3) is 2.95. The second kappa shape index (κ2) is 5.36. The Balaban J connectivity index is 2.86. The summed E-state index contributed by atoms with van der Waals surface area (Å²) in [5, 5.41) is 9.00. The van der Waals surface area contributed by atoms with Crippen molar-refractivity contribution in [2.75, 3.05) is 13.7 Å². The molecular weight excluding hydrogens is 194 g/mol.